The number of aromatic nitrogens is 4. The number of benzene rings is 3. The van der Waals surface area contributed by atoms with E-state index in [-0.39, 0.29) is 35.9 Å². The molecule has 0 spiro atoms. The van der Waals surface area contributed by atoms with Crippen LogP contribution < -0.4 is 15.4 Å². The molecule has 3 aliphatic heterocycles. The first kappa shape index (κ1) is 30.6. The number of aromatic amines is 2. The maximum atomic E-state index is 13.8. The Bertz CT molecular complexity index is 2060. The lowest BCUT2D eigenvalue weighted by molar-refractivity contribution is -0.140. The van der Waals surface area contributed by atoms with Gasteiger partial charge in [-0.1, -0.05) is 39.0 Å². The molecular formula is C38H43N7O3. The Morgan fingerprint density at radius 2 is 1.88 bits per heavy atom. The second-order valence-electron chi connectivity index (χ2n) is 14.4. The molecule has 0 radical (unpaired) electrons. The summed E-state index contributed by atoms with van der Waals surface area (Å²) in [6.07, 6.45) is 4.71. The molecule has 2 amide bonds. The van der Waals surface area contributed by atoms with Gasteiger partial charge in [-0.2, -0.15) is 0 Å². The van der Waals surface area contributed by atoms with Crippen molar-refractivity contribution in [1.82, 2.24) is 35.5 Å². The Labute approximate surface area is 280 Å². The van der Waals surface area contributed by atoms with E-state index in [4.69, 9.17) is 14.7 Å². The molecule has 3 aliphatic rings. The van der Waals surface area contributed by atoms with E-state index >= 15 is 0 Å². The van der Waals surface area contributed by atoms with Gasteiger partial charge in [0.25, 0.3) is 0 Å². The van der Waals surface area contributed by atoms with Gasteiger partial charge >= 0.3 is 0 Å². The van der Waals surface area contributed by atoms with Gasteiger partial charge in [-0.05, 0) is 90.9 Å². The number of amides is 2. The van der Waals surface area contributed by atoms with Gasteiger partial charge in [0.15, 0.2) is 0 Å². The van der Waals surface area contributed by atoms with Crippen molar-refractivity contribution in [2.45, 2.75) is 84.7 Å². The first-order chi connectivity index (χ1) is 23.1. The zero-order valence-electron chi connectivity index (χ0n) is 28.2. The van der Waals surface area contributed by atoms with Gasteiger partial charge in [-0.15, -0.1) is 0 Å². The molecule has 2 fully saturated rings. The van der Waals surface area contributed by atoms with Crippen LogP contribution in [-0.2, 0) is 16.2 Å². The Kier molecular flexibility index (Phi) is 7.51. The molecule has 10 heteroatoms. The second kappa shape index (κ2) is 11.8. The highest BCUT2D eigenvalue weighted by molar-refractivity contribution is 6.07. The minimum atomic E-state index is -0.575. The van der Waals surface area contributed by atoms with Gasteiger partial charge < -0.3 is 30.2 Å². The number of H-pyrrole nitrogens is 2. The maximum absolute atomic E-state index is 13.8. The van der Waals surface area contributed by atoms with Crippen molar-refractivity contribution in [2.24, 2.45) is 11.8 Å². The summed E-state index contributed by atoms with van der Waals surface area (Å²) in [5, 5.41) is 8.53. The molecule has 0 saturated carbocycles. The number of hydrogen-bond acceptors (Lipinski definition) is 6. The van der Waals surface area contributed by atoms with Gasteiger partial charge in [0.05, 0.1) is 35.0 Å². The van der Waals surface area contributed by atoms with Gasteiger partial charge in [0, 0.05) is 23.9 Å². The molecule has 8 rings (SSSR count). The Balaban J connectivity index is 1.10. The number of nitrogens with one attached hydrogen (secondary N) is 4. The van der Waals surface area contributed by atoms with Crippen LogP contribution in [-0.4, -0.2) is 55.3 Å². The van der Waals surface area contributed by atoms with Gasteiger partial charge in [-0.25, -0.2) is 9.97 Å². The van der Waals surface area contributed by atoms with E-state index in [0.717, 1.165) is 87.4 Å². The molecule has 2 aromatic heterocycles. The highest BCUT2D eigenvalue weighted by Gasteiger charge is 2.41. The van der Waals surface area contributed by atoms with Crippen LogP contribution in [0.15, 0.2) is 48.7 Å². The number of likely N-dealkylation sites (tertiary alicyclic amines) is 1. The highest BCUT2D eigenvalue weighted by atomic mass is 16.5. The third kappa shape index (κ3) is 5.23. The van der Waals surface area contributed by atoms with Crippen molar-refractivity contribution >= 4 is 33.6 Å². The summed E-state index contributed by atoms with van der Waals surface area (Å²) in [5.41, 5.74) is 7.29. The van der Waals surface area contributed by atoms with E-state index in [0.29, 0.717) is 12.5 Å². The third-order valence-electron chi connectivity index (χ3n) is 10.5. The molecule has 2 saturated heterocycles. The SMILES string of the molecule is CC(=O)N[C@H](C(=O)N1[C@@H](C)CC[C@H]1c1nc2c(ccc3cc4c(cc32)OCc2cc(-c3cnc([C@@H]5C[C@H](C)CN5)[nH]3)ccc2-4)[nH]1)C(C)C. The van der Waals surface area contributed by atoms with Crippen LogP contribution >= 0.6 is 0 Å². The lowest BCUT2D eigenvalue weighted by Crippen LogP contribution is -2.52. The zero-order valence-corrected chi connectivity index (χ0v) is 28.2. The van der Waals surface area contributed by atoms with Crippen LogP contribution in [0.1, 0.15) is 83.2 Å². The van der Waals surface area contributed by atoms with E-state index in [1.54, 1.807) is 0 Å². The van der Waals surface area contributed by atoms with Crippen LogP contribution in [0.25, 0.3) is 44.2 Å². The maximum Gasteiger partial charge on any atom is 0.246 e. The Hall–Kier alpha value is -4.70. The zero-order chi connectivity index (χ0) is 33.3. The summed E-state index contributed by atoms with van der Waals surface area (Å²) in [6.45, 7) is 11.2. The summed E-state index contributed by atoms with van der Waals surface area (Å²) in [4.78, 5) is 44.6. The molecule has 5 atom stereocenters. The fourth-order valence-electron chi connectivity index (χ4n) is 7.93. The van der Waals surface area contributed by atoms with Gasteiger partial charge in [0.1, 0.15) is 30.0 Å². The average molecular weight is 646 g/mol. The highest BCUT2D eigenvalue weighted by Crippen LogP contribution is 2.43. The molecule has 0 unspecified atom stereocenters. The molecular weight excluding hydrogens is 602 g/mol. The summed E-state index contributed by atoms with van der Waals surface area (Å²) >= 11 is 0. The molecule has 248 valence electrons. The normalized spacial score (nSPS) is 22.6. The quantitative estimate of drug-likeness (QED) is 0.166. The molecule has 10 nitrogen and oxygen atoms in total. The molecule has 5 heterocycles. The van der Waals surface area contributed by atoms with Crippen LogP contribution in [0.2, 0.25) is 0 Å². The van der Waals surface area contributed by atoms with Crippen molar-refractivity contribution in [2.75, 3.05) is 6.54 Å². The van der Waals surface area contributed by atoms with Crippen molar-refractivity contribution in [3.8, 4) is 28.1 Å². The number of ether oxygens (including phenoxy) is 1. The molecule has 4 N–H and O–H groups in total. The van der Waals surface area contributed by atoms with E-state index in [1.165, 1.54) is 12.5 Å². The first-order valence-corrected chi connectivity index (χ1v) is 17.2. The Morgan fingerprint density at radius 3 is 2.65 bits per heavy atom. The molecule has 0 aliphatic carbocycles. The van der Waals surface area contributed by atoms with Crippen LogP contribution in [0.3, 0.4) is 0 Å². The fourth-order valence-corrected chi connectivity index (χ4v) is 7.93. The van der Waals surface area contributed by atoms with E-state index < -0.39 is 6.04 Å². The number of imidazole rings is 2. The van der Waals surface area contributed by atoms with Crippen molar-refractivity contribution in [3.05, 3.63) is 65.9 Å². The minimum absolute atomic E-state index is 0.0289. The van der Waals surface area contributed by atoms with Crippen LogP contribution in [0.4, 0.5) is 0 Å². The van der Waals surface area contributed by atoms with E-state index in [1.807, 2.05) is 24.9 Å². The summed E-state index contributed by atoms with van der Waals surface area (Å²) in [7, 11) is 0. The first-order valence-electron chi connectivity index (χ1n) is 17.2. The second-order valence-corrected chi connectivity index (χ2v) is 14.4. The minimum Gasteiger partial charge on any atom is -0.488 e. The van der Waals surface area contributed by atoms with Gasteiger partial charge in [-0.3, -0.25) is 9.59 Å². The number of carbonyl (C=O) groups is 2. The van der Waals surface area contributed by atoms with Crippen molar-refractivity contribution in [1.29, 1.82) is 0 Å². The largest absolute Gasteiger partial charge is 0.488 e. The monoisotopic (exact) mass is 645 g/mol. The standard InChI is InChI=1S/C38H43N7O3/c1-19(2)34(41-22(5)46)38(47)45-21(4)6-11-32(45)37-42-29-10-8-23-14-28-26-9-7-24(31-17-40-36(43-31)30-12-20(3)16-39-30)13-25(26)18-48-33(28)15-27(23)35(29)44-37/h7-10,13-15,17,19-21,30,32,34,39H,6,11-12,16,18H2,1-5H3,(H,40,43)(H,41,46)(H,42,44)/t20-,21-,30-,32-,34-/m0/s1. The third-order valence-corrected chi connectivity index (χ3v) is 10.5. The van der Waals surface area contributed by atoms with Gasteiger partial charge in [0.2, 0.25) is 11.8 Å². The number of hydrogen-bond donors (Lipinski definition) is 4. The average Bonchev–Trinajstić information content (AvgIpc) is 3.88. The molecule has 48 heavy (non-hydrogen) atoms. The van der Waals surface area contributed by atoms with Crippen molar-refractivity contribution in [3.63, 3.8) is 0 Å². The summed E-state index contributed by atoms with van der Waals surface area (Å²) < 4.78 is 6.38. The number of rotatable bonds is 6. The molecule has 5 aromatic rings. The molecule has 3 aromatic carbocycles. The number of fused-ring (bicyclic) bond motifs is 6. The van der Waals surface area contributed by atoms with Crippen LogP contribution in [0, 0.1) is 11.8 Å². The topological polar surface area (TPSA) is 128 Å². The summed E-state index contributed by atoms with van der Waals surface area (Å²) in [6, 6.07) is 14.6. The Morgan fingerprint density at radius 1 is 1.02 bits per heavy atom. The predicted octanol–water partition coefficient (Wildman–Crippen LogP) is 6.55. The lowest BCUT2D eigenvalue weighted by Gasteiger charge is -2.33. The lowest BCUT2D eigenvalue weighted by atomic mass is 9.92. The van der Waals surface area contributed by atoms with Crippen LogP contribution in [0.5, 0.6) is 5.75 Å². The number of nitrogens with zero attached hydrogens (tertiary/aromatic N) is 3. The summed E-state index contributed by atoms with van der Waals surface area (Å²) in [5.74, 6) is 2.98. The smallest absolute Gasteiger partial charge is 0.246 e. The predicted molar refractivity (Wildman–Crippen MR) is 186 cm³/mol. The van der Waals surface area contributed by atoms with E-state index in [2.05, 4.69) is 76.9 Å². The number of carbonyl (C=O) groups excluding carboxylic acids is 2. The van der Waals surface area contributed by atoms with E-state index in [9.17, 15) is 9.59 Å². The fraction of sp³-hybridized carbons (Fsp3) is 0.421. The molecule has 0 bridgehead atoms. The van der Waals surface area contributed by atoms with Crippen molar-refractivity contribution < 1.29 is 14.3 Å².